The van der Waals surface area contributed by atoms with Gasteiger partial charge in [0, 0.05) is 11.8 Å². The van der Waals surface area contributed by atoms with E-state index in [0.717, 1.165) is 12.1 Å². The minimum atomic E-state index is -4.54. The van der Waals surface area contributed by atoms with Crippen LogP contribution in [-0.4, -0.2) is 11.0 Å². The topological polar surface area (TPSA) is 48.4 Å². The van der Waals surface area contributed by atoms with Crippen LogP contribution in [0.25, 0.3) is 0 Å². The number of para-hydroxylation sites is 1. The lowest BCUT2D eigenvalue weighted by Gasteiger charge is -2.14. The Morgan fingerprint density at radius 2 is 1.70 bits per heavy atom. The van der Waals surface area contributed by atoms with Crippen LogP contribution in [0.3, 0.4) is 0 Å². The van der Waals surface area contributed by atoms with E-state index in [1.54, 1.807) is 42.5 Å². The largest absolute Gasteiger partial charge is 0.455 e. The molecule has 0 N–H and O–H groups in total. The van der Waals surface area contributed by atoms with Crippen molar-refractivity contribution in [2.45, 2.75) is 12.6 Å². The number of carbonyl (C=O) groups is 1. The summed E-state index contributed by atoms with van der Waals surface area (Å²) in [7, 11) is 0. The van der Waals surface area contributed by atoms with Crippen molar-refractivity contribution in [2.24, 2.45) is 0 Å². The van der Waals surface area contributed by atoms with Crippen LogP contribution in [0.4, 0.5) is 13.2 Å². The number of pyridine rings is 1. The first-order valence-corrected chi connectivity index (χ1v) is 7.95. The number of carbonyl (C=O) groups excluding carboxylic acids is 1. The molecule has 4 nitrogen and oxygen atoms in total. The van der Waals surface area contributed by atoms with Gasteiger partial charge in [0.15, 0.2) is 0 Å². The summed E-state index contributed by atoms with van der Waals surface area (Å²) in [6.07, 6.45) is -1.96. The minimum absolute atomic E-state index is 0.0645. The van der Waals surface area contributed by atoms with E-state index in [4.69, 9.17) is 9.47 Å². The summed E-state index contributed by atoms with van der Waals surface area (Å²) in [5.41, 5.74) is -0.807. The number of aromatic nitrogens is 1. The Balaban J connectivity index is 1.86. The third-order valence-corrected chi connectivity index (χ3v) is 3.56. The number of alkyl halides is 3. The molecule has 0 bridgehead atoms. The molecule has 0 atom stereocenters. The van der Waals surface area contributed by atoms with Crippen molar-refractivity contribution in [3.05, 3.63) is 84.2 Å². The molecule has 3 aromatic rings. The second-order valence-corrected chi connectivity index (χ2v) is 5.57. The average Bonchev–Trinajstić information content (AvgIpc) is 2.64. The Labute approximate surface area is 153 Å². The number of nitrogens with zero attached hydrogens (tertiary/aromatic N) is 1. The summed E-state index contributed by atoms with van der Waals surface area (Å²) in [6, 6.07) is 14.5. The fourth-order valence-electron chi connectivity index (χ4n) is 2.34. The van der Waals surface area contributed by atoms with Crippen LogP contribution in [-0.2, 0) is 17.4 Å². The van der Waals surface area contributed by atoms with Crippen molar-refractivity contribution in [3.63, 3.8) is 0 Å². The molecular formula is C20H14F3NO3. The smallest absolute Gasteiger partial charge is 0.416 e. The summed E-state index contributed by atoms with van der Waals surface area (Å²) < 4.78 is 49.9. The van der Waals surface area contributed by atoms with Gasteiger partial charge in [-0.3, -0.25) is 9.78 Å². The molecule has 138 valence electrons. The lowest BCUT2D eigenvalue weighted by atomic mass is 10.1. The molecule has 0 amide bonds. The number of ether oxygens (including phenoxy) is 2. The van der Waals surface area contributed by atoms with Gasteiger partial charge in [-0.2, -0.15) is 13.2 Å². The number of hydrogen-bond acceptors (Lipinski definition) is 4. The highest BCUT2D eigenvalue weighted by atomic mass is 19.4. The first-order chi connectivity index (χ1) is 12.9. The Morgan fingerprint density at radius 1 is 0.963 bits per heavy atom. The highest BCUT2D eigenvalue weighted by Gasteiger charge is 2.31. The van der Waals surface area contributed by atoms with Crippen LogP contribution >= 0.6 is 0 Å². The maximum absolute atomic E-state index is 13.0. The van der Waals surface area contributed by atoms with Crippen LogP contribution in [0, 0.1) is 0 Å². The summed E-state index contributed by atoms with van der Waals surface area (Å²) in [6.45, 7) is 0. The first-order valence-electron chi connectivity index (χ1n) is 7.95. The zero-order valence-electron chi connectivity index (χ0n) is 13.9. The van der Waals surface area contributed by atoms with E-state index in [-0.39, 0.29) is 17.7 Å². The van der Waals surface area contributed by atoms with E-state index in [1.807, 2.05) is 0 Å². The van der Waals surface area contributed by atoms with Gasteiger partial charge in [-0.15, -0.1) is 0 Å². The molecule has 7 heteroatoms. The molecule has 1 heterocycles. The van der Waals surface area contributed by atoms with Gasteiger partial charge >= 0.3 is 12.1 Å². The van der Waals surface area contributed by atoms with Crippen LogP contribution in [0.2, 0.25) is 0 Å². The number of halogens is 3. The Hall–Kier alpha value is -3.35. The normalized spacial score (nSPS) is 11.1. The third-order valence-electron chi connectivity index (χ3n) is 3.56. The quantitative estimate of drug-likeness (QED) is 0.464. The minimum Gasteiger partial charge on any atom is -0.455 e. The van der Waals surface area contributed by atoms with E-state index in [1.165, 1.54) is 18.5 Å². The van der Waals surface area contributed by atoms with Gasteiger partial charge in [0.2, 0.25) is 0 Å². The zero-order chi connectivity index (χ0) is 19.3. The van der Waals surface area contributed by atoms with Gasteiger partial charge in [-0.1, -0.05) is 18.2 Å². The van der Waals surface area contributed by atoms with E-state index in [9.17, 15) is 18.0 Å². The Bertz CT molecular complexity index is 913. The molecule has 0 aliphatic rings. The number of benzene rings is 2. The Morgan fingerprint density at radius 3 is 2.37 bits per heavy atom. The molecular weight excluding hydrogens is 359 g/mol. The highest BCUT2D eigenvalue weighted by Crippen LogP contribution is 2.34. The van der Waals surface area contributed by atoms with Gasteiger partial charge in [-0.25, -0.2) is 0 Å². The van der Waals surface area contributed by atoms with Gasteiger partial charge in [0.25, 0.3) is 0 Å². The van der Waals surface area contributed by atoms with Crippen molar-refractivity contribution in [2.75, 3.05) is 0 Å². The van der Waals surface area contributed by atoms with Crippen molar-refractivity contribution >= 4 is 5.97 Å². The summed E-state index contributed by atoms with van der Waals surface area (Å²) in [5.74, 6) is 0.0803. The second-order valence-electron chi connectivity index (χ2n) is 5.57. The highest BCUT2D eigenvalue weighted by molar-refractivity contribution is 5.76. The standard InChI is InChI=1S/C20H14F3NO3/c21-20(22,23)15-8-9-18(26-17-7-4-10-24-13-17)14(11-15)12-19(25)27-16-5-2-1-3-6-16/h1-11,13H,12H2. The lowest BCUT2D eigenvalue weighted by Crippen LogP contribution is -2.13. The van der Waals surface area contributed by atoms with Crippen LogP contribution in [0.5, 0.6) is 17.2 Å². The maximum atomic E-state index is 13.0. The predicted octanol–water partition coefficient (Wildman–Crippen LogP) is 5.04. The van der Waals surface area contributed by atoms with Crippen molar-refractivity contribution < 1.29 is 27.4 Å². The summed E-state index contributed by atoms with van der Waals surface area (Å²) >= 11 is 0. The lowest BCUT2D eigenvalue weighted by molar-refractivity contribution is -0.138. The van der Waals surface area contributed by atoms with Crippen molar-refractivity contribution in [1.82, 2.24) is 4.98 Å². The Kier molecular flexibility index (Phi) is 5.40. The molecule has 2 aromatic carbocycles. The first kappa shape index (κ1) is 18.4. The maximum Gasteiger partial charge on any atom is 0.416 e. The number of rotatable bonds is 5. The monoisotopic (exact) mass is 373 g/mol. The second kappa shape index (κ2) is 7.90. The molecule has 0 aliphatic carbocycles. The van der Waals surface area contributed by atoms with E-state index in [0.29, 0.717) is 11.5 Å². The number of esters is 1. The van der Waals surface area contributed by atoms with Crippen LogP contribution in [0.1, 0.15) is 11.1 Å². The third kappa shape index (κ3) is 5.07. The van der Waals surface area contributed by atoms with Gasteiger partial charge in [0.1, 0.15) is 17.2 Å². The van der Waals surface area contributed by atoms with Gasteiger partial charge in [-0.05, 0) is 42.5 Å². The fourth-order valence-corrected chi connectivity index (χ4v) is 2.34. The van der Waals surface area contributed by atoms with Crippen LogP contribution in [0.15, 0.2) is 73.1 Å². The summed E-state index contributed by atoms with van der Waals surface area (Å²) in [5, 5.41) is 0. The molecule has 0 aliphatic heterocycles. The molecule has 0 fully saturated rings. The molecule has 3 rings (SSSR count). The molecule has 0 unspecified atom stereocenters. The molecule has 0 radical (unpaired) electrons. The molecule has 0 spiro atoms. The van der Waals surface area contributed by atoms with Gasteiger partial charge < -0.3 is 9.47 Å². The molecule has 1 aromatic heterocycles. The molecule has 0 saturated carbocycles. The summed E-state index contributed by atoms with van der Waals surface area (Å²) in [4.78, 5) is 16.1. The average molecular weight is 373 g/mol. The zero-order valence-corrected chi connectivity index (χ0v) is 13.9. The van der Waals surface area contributed by atoms with E-state index in [2.05, 4.69) is 4.98 Å². The molecule has 0 saturated heterocycles. The van der Waals surface area contributed by atoms with Gasteiger partial charge in [0.05, 0.1) is 18.2 Å². The fraction of sp³-hybridized carbons (Fsp3) is 0.100. The van der Waals surface area contributed by atoms with Crippen molar-refractivity contribution in [1.29, 1.82) is 0 Å². The van der Waals surface area contributed by atoms with Crippen molar-refractivity contribution in [3.8, 4) is 17.2 Å². The van der Waals surface area contributed by atoms with E-state index >= 15 is 0 Å². The predicted molar refractivity (Wildman–Crippen MR) is 91.5 cm³/mol. The van der Waals surface area contributed by atoms with Crippen LogP contribution < -0.4 is 9.47 Å². The SMILES string of the molecule is O=C(Cc1cc(C(F)(F)F)ccc1Oc1cccnc1)Oc1ccccc1. The molecule has 27 heavy (non-hydrogen) atoms. The number of hydrogen-bond donors (Lipinski definition) is 0. The van der Waals surface area contributed by atoms with E-state index < -0.39 is 17.7 Å².